The lowest BCUT2D eigenvalue weighted by Crippen LogP contribution is -2.44. The summed E-state index contributed by atoms with van der Waals surface area (Å²) in [5, 5.41) is 18.8. The smallest absolute Gasteiger partial charge is 0.226 e. The van der Waals surface area contributed by atoms with Gasteiger partial charge in [-0.3, -0.25) is 9.79 Å². The van der Waals surface area contributed by atoms with Gasteiger partial charge < -0.3 is 25.8 Å². The molecular weight excluding hydrogens is 471 g/mol. The fourth-order valence-electron chi connectivity index (χ4n) is 2.98. The molecule has 1 atom stereocenters. The van der Waals surface area contributed by atoms with E-state index in [1.807, 2.05) is 38.1 Å². The van der Waals surface area contributed by atoms with Gasteiger partial charge in [0.05, 0.1) is 6.61 Å². The van der Waals surface area contributed by atoms with Gasteiger partial charge in [-0.2, -0.15) is 0 Å². The number of anilines is 1. The van der Waals surface area contributed by atoms with Crippen molar-refractivity contribution in [2.75, 3.05) is 38.7 Å². The highest BCUT2D eigenvalue weighted by atomic mass is 127. The van der Waals surface area contributed by atoms with Crippen molar-refractivity contribution in [2.45, 2.75) is 33.2 Å². The maximum absolute atomic E-state index is 11.7. The molecule has 158 valence electrons. The maximum atomic E-state index is 11.7. The maximum Gasteiger partial charge on any atom is 0.226 e. The van der Waals surface area contributed by atoms with Crippen LogP contribution in [0.25, 0.3) is 0 Å². The summed E-state index contributed by atoms with van der Waals surface area (Å²) in [4.78, 5) is 16.0. The Balaban J connectivity index is 0.00000392. The van der Waals surface area contributed by atoms with Gasteiger partial charge in [-0.15, -0.1) is 24.0 Å². The Morgan fingerprint density at radius 1 is 1.29 bits per heavy atom. The molecule has 1 aromatic rings. The van der Waals surface area contributed by atoms with Crippen molar-refractivity contribution in [3.8, 4) is 0 Å². The third kappa shape index (κ3) is 7.56. The van der Waals surface area contributed by atoms with Gasteiger partial charge in [-0.1, -0.05) is 26.0 Å². The molecule has 0 saturated carbocycles. The van der Waals surface area contributed by atoms with Crippen LogP contribution in [0.5, 0.6) is 0 Å². The molecule has 1 aliphatic heterocycles. The number of carbonyl (C=O) groups excluding carboxylic acids is 1. The van der Waals surface area contributed by atoms with Gasteiger partial charge in [0.15, 0.2) is 5.96 Å². The number of ether oxygens (including phenoxy) is 1. The van der Waals surface area contributed by atoms with Crippen LogP contribution < -0.4 is 16.0 Å². The van der Waals surface area contributed by atoms with Crippen LogP contribution in [0, 0.1) is 11.3 Å². The molecule has 0 spiro atoms. The quantitative estimate of drug-likeness (QED) is 0.248. The number of benzene rings is 1. The monoisotopic (exact) mass is 504 g/mol. The average molecular weight is 504 g/mol. The molecular formula is C20H33IN4O3. The van der Waals surface area contributed by atoms with Gasteiger partial charge in [-0.25, -0.2) is 0 Å². The number of carbonyl (C=O) groups is 1. The molecule has 8 heteroatoms. The summed E-state index contributed by atoms with van der Waals surface area (Å²) in [6.07, 6.45) is 1.67. The number of rotatable bonds is 8. The van der Waals surface area contributed by atoms with Crippen molar-refractivity contribution in [3.63, 3.8) is 0 Å². The van der Waals surface area contributed by atoms with Crippen LogP contribution in [-0.2, 0) is 16.1 Å². The lowest BCUT2D eigenvalue weighted by Gasteiger charge is -2.27. The molecule has 1 fully saturated rings. The standard InChI is InChI=1S/C20H32N4O3.HI/c1-15(2)18(26)24-17-6-4-16(5-7-17)12-22-19(21-3)23-13-20(8-10-25)9-11-27-14-20;/h4-7,15,25H,8-14H2,1-3H3,(H,24,26)(H2,21,22,23);1H. The molecule has 1 aromatic carbocycles. The number of guanidine groups is 1. The van der Waals surface area contributed by atoms with E-state index in [2.05, 4.69) is 20.9 Å². The number of hydrogen-bond donors (Lipinski definition) is 4. The van der Waals surface area contributed by atoms with Crippen LogP contribution in [0.4, 0.5) is 5.69 Å². The summed E-state index contributed by atoms with van der Waals surface area (Å²) in [7, 11) is 1.74. The van der Waals surface area contributed by atoms with Gasteiger partial charge in [0.2, 0.25) is 5.91 Å². The first kappa shape index (κ1) is 24.6. The normalized spacial score (nSPS) is 19.2. The lowest BCUT2D eigenvalue weighted by atomic mass is 9.84. The van der Waals surface area contributed by atoms with E-state index in [0.29, 0.717) is 19.7 Å². The SMILES string of the molecule is CN=C(NCc1ccc(NC(=O)C(C)C)cc1)NCC1(CCO)CCOC1.I. The second kappa shape index (κ2) is 12.2. The number of amides is 1. The number of nitrogens with zero attached hydrogens (tertiary/aromatic N) is 1. The number of nitrogens with one attached hydrogen (secondary N) is 3. The fourth-order valence-corrected chi connectivity index (χ4v) is 2.98. The molecule has 1 saturated heterocycles. The zero-order chi connectivity index (χ0) is 19.7. The predicted octanol–water partition coefficient (Wildman–Crippen LogP) is 2.35. The molecule has 7 nitrogen and oxygen atoms in total. The largest absolute Gasteiger partial charge is 0.396 e. The van der Waals surface area contributed by atoms with Crippen molar-refractivity contribution < 1.29 is 14.6 Å². The van der Waals surface area contributed by atoms with E-state index < -0.39 is 0 Å². The van der Waals surface area contributed by atoms with Crippen LogP contribution in [0.15, 0.2) is 29.3 Å². The number of aliphatic hydroxyl groups excluding tert-OH is 1. The van der Waals surface area contributed by atoms with Crippen LogP contribution in [0.2, 0.25) is 0 Å². The zero-order valence-corrected chi connectivity index (χ0v) is 19.3. The Labute approximate surface area is 184 Å². The van der Waals surface area contributed by atoms with Gasteiger partial charge in [0.25, 0.3) is 0 Å². The van der Waals surface area contributed by atoms with Gasteiger partial charge in [-0.05, 0) is 30.5 Å². The lowest BCUT2D eigenvalue weighted by molar-refractivity contribution is -0.118. The van der Waals surface area contributed by atoms with E-state index in [9.17, 15) is 9.90 Å². The number of halogens is 1. The topological polar surface area (TPSA) is 95.0 Å². The molecule has 1 aliphatic rings. The van der Waals surface area contributed by atoms with E-state index >= 15 is 0 Å². The molecule has 2 rings (SSSR count). The van der Waals surface area contributed by atoms with E-state index in [0.717, 1.165) is 36.7 Å². The van der Waals surface area contributed by atoms with Crippen molar-refractivity contribution >= 4 is 41.5 Å². The van der Waals surface area contributed by atoms with Crippen molar-refractivity contribution in [2.24, 2.45) is 16.3 Å². The van der Waals surface area contributed by atoms with Crippen molar-refractivity contribution in [1.29, 1.82) is 0 Å². The van der Waals surface area contributed by atoms with E-state index in [1.54, 1.807) is 7.05 Å². The van der Waals surface area contributed by atoms with Crippen molar-refractivity contribution in [1.82, 2.24) is 10.6 Å². The number of aliphatic imine (C=N–C) groups is 1. The summed E-state index contributed by atoms with van der Waals surface area (Å²) in [5.41, 5.74) is 1.87. The van der Waals surface area contributed by atoms with Crippen molar-refractivity contribution in [3.05, 3.63) is 29.8 Å². The van der Waals surface area contributed by atoms with Gasteiger partial charge >= 0.3 is 0 Å². The minimum absolute atomic E-state index is 0. The van der Waals surface area contributed by atoms with Gasteiger partial charge in [0.1, 0.15) is 0 Å². The fraction of sp³-hybridized carbons (Fsp3) is 0.600. The summed E-state index contributed by atoms with van der Waals surface area (Å²) >= 11 is 0. The highest BCUT2D eigenvalue weighted by Crippen LogP contribution is 2.31. The Morgan fingerprint density at radius 3 is 2.54 bits per heavy atom. The van der Waals surface area contributed by atoms with E-state index in [4.69, 9.17) is 4.74 Å². The first-order chi connectivity index (χ1) is 13.0. The molecule has 1 unspecified atom stereocenters. The second-order valence-electron chi connectivity index (χ2n) is 7.40. The Bertz CT molecular complexity index is 629. The average Bonchev–Trinajstić information content (AvgIpc) is 3.12. The minimum atomic E-state index is -0.0415. The molecule has 0 aliphatic carbocycles. The Hall–Kier alpha value is -1.39. The molecule has 28 heavy (non-hydrogen) atoms. The molecule has 4 N–H and O–H groups in total. The highest BCUT2D eigenvalue weighted by Gasteiger charge is 2.34. The predicted molar refractivity (Wildman–Crippen MR) is 123 cm³/mol. The number of aliphatic hydroxyl groups is 1. The second-order valence-corrected chi connectivity index (χ2v) is 7.40. The summed E-state index contributed by atoms with van der Waals surface area (Å²) in [6, 6.07) is 7.77. The molecule has 1 heterocycles. The van der Waals surface area contributed by atoms with Crippen LogP contribution in [-0.4, -0.2) is 50.4 Å². The van der Waals surface area contributed by atoms with E-state index in [-0.39, 0.29) is 47.8 Å². The van der Waals surface area contributed by atoms with E-state index in [1.165, 1.54) is 0 Å². The van der Waals surface area contributed by atoms with Crippen LogP contribution >= 0.6 is 24.0 Å². The molecule has 1 amide bonds. The number of hydrogen-bond acceptors (Lipinski definition) is 4. The molecule has 0 bridgehead atoms. The minimum Gasteiger partial charge on any atom is -0.396 e. The van der Waals surface area contributed by atoms with Gasteiger partial charge in [0, 0.05) is 50.4 Å². The summed E-state index contributed by atoms with van der Waals surface area (Å²) < 4.78 is 5.52. The zero-order valence-electron chi connectivity index (χ0n) is 17.0. The third-order valence-electron chi connectivity index (χ3n) is 4.89. The molecule has 0 radical (unpaired) electrons. The molecule has 0 aromatic heterocycles. The first-order valence-corrected chi connectivity index (χ1v) is 9.51. The summed E-state index contributed by atoms with van der Waals surface area (Å²) in [6.45, 7) is 6.66. The Kier molecular flexibility index (Phi) is 10.8. The highest BCUT2D eigenvalue weighted by molar-refractivity contribution is 14.0. The Morgan fingerprint density at radius 2 is 2.00 bits per heavy atom. The first-order valence-electron chi connectivity index (χ1n) is 9.51. The third-order valence-corrected chi connectivity index (χ3v) is 4.89. The van der Waals surface area contributed by atoms with Crippen LogP contribution in [0.3, 0.4) is 0 Å². The summed E-state index contributed by atoms with van der Waals surface area (Å²) in [5.74, 6) is 0.690. The van der Waals surface area contributed by atoms with Crippen LogP contribution in [0.1, 0.15) is 32.3 Å².